The van der Waals surface area contributed by atoms with Crippen LogP contribution in [0.1, 0.15) is 5.56 Å². The number of aliphatic hydroxyl groups is 1. The van der Waals surface area contributed by atoms with E-state index in [4.69, 9.17) is 19.1 Å². The van der Waals surface area contributed by atoms with Gasteiger partial charge in [0.25, 0.3) is 0 Å². The first-order valence-corrected chi connectivity index (χ1v) is 4.46. The van der Waals surface area contributed by atoms with Crippen molar-refractivity contribution in [3.05, 3.63) is 49.8 Å². The van der Waals surface area contributed by atoms with E-state index in [0.29, 0.717) is 0 Å². The summed E-state index contributed by atoms with van der Waals surface area (Å²) in [6, 6.07) is 8.40. The average molecular weight is 285 g/mol. The minimum Gasteiger partial charge on any atom is 0 e. The van der Waals surface area contributed by atoms with E-state index in [1.54, 1.807) is 0 Å². The Morgan fingerprint density at radius 3 is 2.06 bits per heavy atom. The van der Waals surface area contributed by atoms with Gasteiger partial charge in [-0.3, -0.25) is 0 Å². The monoisotopic (exact) mass is 285 g/mol. The maximum atomic E-state index is 8.88. The number of rotatable bonds is 1. The number of fused-ring (bicyclic) bond motifs is 1. The van der Waals surface area contributed by atoms with Crippen LogP contribution in [-0.4, -0.2) is 17.8 Å². The molecule has 0 saturated heterocycles. The third-order valence-electron chi connectivity index (χ3n) is 2.06. The molecule has 1 aromatic rings. The fourth-order valence-corrected chi connectivity index (χ4v) is 1.49. The SMILES string of the molecule is OC[C@@H]1Cc2ccccc2N1.[C-]#[O+].[C-]#[O+].[C-]#[O+].[Cr]. The van der Waals surface area contributed by atoms with E-state index >= 15 is 0 Å². The molecular weight excluding hydrogens is 274 g/mol. The normalized spacial score (nSPS) is 13.2. The Labute approximate surface area is 116 Å². The van der Waals surface area contributed by atoms with Crippen LogP contribution < -0.4 is 5.32 Å². The Kier molecular flexibility index (Phi) is 19.2. The van der Waals surface area contributed by atoms with Crippen molar-refractivity contribution in [1.29, 1.82) is 0 Å². The smallest absolute Gasteiger partial charge is 0 e. The first-order chi connectivity index (χ1) is 8.40. The van der Waals surface area contributed by atoms with Crippen molar-refractivity contribution in [1.82, 2.24) is 0 Å². The molecule has 2 N–H and O–H groups in total. The second kappa shape index (κ2) is 15.7. The predicted octanol–water partition coefficient (Wildman–Crippen LogP) is 0.900. The Morgan fingerprint density at radius 2 is 1.61 bits per heavy atom. The summed E-state index contributed by atoms with van der Waals surface area (Å²) < 4.78 is 22.5. The topological polar surface area (TPSA) is 92.0 Å². The third kappa shape index (κ3) is 7.14. The largest absolute Gasteiger partial charge is 0 e. The van der Waals surface area contributed by atoms with Crippen LogP contribution >= 0.6 is 0 Å². The summed E-state index contributed by atoms with van der Waals surface area (Å²) in [7, 11) is 0. The minimum absolute atomic E-state index is 0. The van der Waals surface area contributed by atoms with Crippen LogP contribution in [0.3, 0.4) is 0 Å². The van der Waals surface area contributed by atoms with Crippen LogP contribution in [0.2, 0.25) is 0 Å². The molecule has 1 aliphatic rings. The van der Waals surface area contributed by atoms with Gasteiger partial charge in [-0.05, 0) is 18.1 Å². The first-order valence-electron chi connectivity index (χ1n) is 4.46. The van der Waals surface area contributed by atoms with E-state index in [-0.39, 0.29) is 30.0 Å². The molecule has 0 radical (unpaired) electrons. The van der Waals surface area contributed by atoms with E-state index in [2.05, 4.69) is 31.3 Å². The second-order valence-electron chi connectivity index (χ2n) is 2.89. The van der Waals surface area contributed by atoms with Gasteiger partial charge in [0, 0.05) is 23.0 Å². The van der Waals surface area contributed by atoms with Gasteiger partial charge in [0.15, 0.2) is 0 Å². The summed E-state index contributed by atoms with van der Waals surface area (Å²) in [6.45, 7) is 13.7. The number of nitrogens with one attached hydrogen (secondary N) is 1. The van der Waals surface area contributed by atoms with Crippen LogP contribution in [0.5, 0.6) is 0 Å². The Hall–Kier alpha value is -1.27. The van der Waals surface area contributed by atoms with Crippen molar-refractivity contribution < 1.29 is 36.4 Å². The van der Waals surface area contributed by atoms with Crippen LogP contribution in [0.25, 0.3) is 0 Å². The number of para-hydroxylation sites is 1. The Balaban J connectivity index is -0.000000285. The molecule has 0 unspecified atom stereocenters. The van der Waals surface area contributed by atoms with Gasteiger partial charge in [0.1, 0.15) is 0 Å². The molecule has 2 rings (SSSR count). The second-order valence-corrected chi connectivity index (χ2v) is 2.89. The molecule has 0 saturated carbocycles. The number of hydrogen-bond acceptors (Lipinski definition) is 2. The minimum atomic E-state index is 0. The van der Waals surface area contributed by atoms with Crippen LogP contribution in [0.4, 0.5) is 5.69 Å². The van der Waals surface area contributed by atoms with Gasteiger partial charge in [-0.25, -0.2) is 0 Å². The van der Waals surface area contributed by atoms with E-state index in [1.165, 1.54) is 11.3 Å². The molecular formula is C12H11CrNO4. The maximum absolute atomic E-state index is 8.88. The molecule has 0 bridgehead atoms. The van der Waals surface area contributed by atoms with Crippen molar-refractivity contribution in [2.24, 2.45) is 0 Å². The van der Waals surface area contributed by atoms with Crippen molar-refractivity contribution in [2.45, 2.75) is 12.5 Å². The molecule has 1 heterocycles. The summed E-state index contributed by atoms with van der Waals surface area (Å²) in [4.78, 5) is 0. The molecule has 0 spiro atoms. The van der Waals surface area contributed by atoms with Crippen molar-refractivity contribution in [2.75, 3.05) is 11.9 Å². The standard InChI is InChI=1S/C9H11NO.3CO.Cr/c11-6-8-5-7-3-1-2-4-9(7)10-8;3*1-2;/h1-4,8,10-11H,5-6H2;;;;/t8-;;;;/m0..../s1. The van der Waals surface area contributed by atoms with Crippen LogP contribution in [0.15, 0.2) is 24.3 Å². The molecule has 0 fully saturated rings. The molecule has 1 atom stereocenters. The Bertz CT molecular complexity index is 337. The van der Waals surface area contributed by atoms with Gasteiger partial charge in [-0.15, -0.1) is 0 Å². The molecule has 5 nitrogen and oxygen atoms in total. The number of aliphatic hydroxyl groups excluding tert-OH is 1. The zero-order chi connectivity index (χ0) is 13.7. The van der Waals surface area contributed by atoms with Gasteiger partial charge >= 0.3 is 33.9 Å². The first kappa shape index (κ1) is 22.0. The molecule has 0 amide bonds. The summed E-state index contributed by atoms with van der Waals surface area (Å²) in [5.74, 6) is 0. The van der Waals surface area contributed by atoms with E-state index in [1.807, 2.05) is 18.2 Å². The molecule has 1 aliphatic heterocycles. The van der Waals surface area contributed by atoms with Crippen molar-refractivity contribution >= 4 is 5.69 Å². The molecule has 1 aromatic carbocycles. The number of hydrogen-bond donors (Lipinski definition) is 2. The summed E-state index contributed by atoms with van der Waals surface area (Å²) in [5, 5.41) is 12.1. The van der Waals surface area contributed by atoms with E-state index in [0.717, 1.165) is 6.42 Å². The van der Waals surface area contributed by atoms with Gasteiger partial charge < -0.3 is 10.4 Å². The third-order valence-corrected chi connectivity index (χ3v) is 2.06. The van der Waals surface area contributed by atoms with Gasteiger partial charge in [0.2, 0.25) is 0 Å². The molecule has 0 aromatic heterocycles. The van der Waals surface area contributed by atoms with E-state index in [9.17, 15) is 0 Å². The van der Waals surface area contributed by atoms with Crippen molar-refractivity contribution in [3.63, 3.8) is 0 Å². The van der Waals surface area contributed by atoms with Crippen molar-refractivity contribution in [3.8, 4) is 0 Å². The van der Waals surface area contributed by atoms with Crippen LogP contribution in [0, 0.1) is 20.0 Å². The van der Waals surface area contributed by atoms with Gasteiger partial charge in [0.05, 0.1) is 12.6 Å². The Morgan fingerprint density at radius 1 is 1.11 bits per heavy atom. The molecule has 94 valence electrons. The summed E-state index contributed by atoms with van der Waals surface area (Å²) in [5.41, 5.74) is 2.48. The predicted molar refractivity (Wildman–Crippen MR) is 56.4 cm³/mol. The number of benzene rings is 1. The average Bonchev–Trinajstić information content (AvgIpc) is 2.88. The zero-order valence-corrected chi connectivity index (χ0v) is 10.7. The van der Waals surface area contributed by atoms with Gasteiger partial charge in [-0.2, -0.15) is 0 Å². The summed E-state index contributed by atoms with van der Waals surface area (Å²) in [6.07, 6.45) is 0.951. The molecule has 6 heteroatoms. The molecule has 0 aliphatic carbocycles. The number of anilines is 1. The van der Waals surface area contributed by atoms with Crippen LogP contribution in [-0.2, 0) is 37.7 Å². The fraction of sp³-hybridized carbons (Fsp3) is 0.250. The quantitative estimate of drug-likeness (QED) is 0.592. The van der Waals surface area contributed by atoms with E-state index < -0.39 is 0 Å². The maximum Gasteiger partial charge on any atom is 0 e. The molecule has 18 heavy (non-hydrogen) atoms. The zero-order valence-electron chi connectivity index (χ0n) is 9.38. The summed E-state index contributed by atoms with van der Waals surface area (Å²) >= 11 is 0. The van der Waals surface area contributed by atoms with Gasteiger partial charge in [-0.1, -0.05) is 18.2 Å². The fourth-order valence-electron chi connectivity index (χ4n) is 1.49.